The highest BCUT2D eigenvalue weighted by molar-refractivity contribution is 9.10. The van der Waals surface area contributed by atoms with Crippen LogP contribution in [0.1, 0.15) is 24.6 Å². The molecule has 0 bridgehead atoms. The average Bonchev–Trinajstić information content (AvgIpc) is 2.29. The van der Waals surface area contributed by atoms with Crippen LogP contribution in [0.2, 0.25) is 0 Å². The Balaban J connectivity index is 2.15. The van der Waals surface area contributed by atoms with E-state index in [9.17, 15) is 8.42 Å². The first-order valence-electron chi connectivity index (χ1n) is 5.39. The topological polar surface area (TPSA) is 63.2 Å². The number of hydrogen-bond acceptors (Lipinski definition) is 4. The monoisotopic (exact) mass is 319 g/mol. The van der Waals surface area contributed by atoms with Crippen molar-refractivity contribution in [2.75, 3.05) is 19.3 Å². The first-order valence-corrected chi connectivity index (χ1v) is 8.03. The van der Waals surface area contributed by atoms with Gasteiger partial charge in [-0.3, -0.25) is 0 Å². The molecule has 0 aromatic carbocycles. The molecule has 0 spiro atoms. The van der Waals surface area contributed by atoms with Gasteiger partial charge >= 0.3 is 0 Å². The Hall–Kier alpha value is -0.530. The number of sulfonamides is 1. The van der Waals surface area contributed by atoms with Crippen LogP contribution in [0, 0.1) is 0 Å². The van der Waals surface area contributed by atoms with Gasteiger partial charge in [0.25, 0.3) is 0 Å². The summed E-state index contributed by atoms with van der Waals surface area (Å²) in [4.78, 5) is 8.48. The highest BCUT2D eigenvalue weighted by Crippen LogP contribution is 2.25. The largest absolute Gasteiger partial charge is 0.240 e. The Kier molecular flexibility index (Phi) is 3.79. The number of piperidine rings is 1. The second-order valence-electron chi connectivity index (χ2n) is 4.22. The Morgan fingerprint density at radius 1 is 1.41 bits per heavy atom. The second-order valence-corrected chi connectivity index (χ2v) is 7.12. The third-order valence-electron chi connectivity index (χ3n) is 2.86. The fourth-order valence-electron chi connectivity index (χ4n) is 1.99. The summed E-state index contributed by atoms with van der Waals surface area (Å²) in [7, 11) is -3.11. The van der Waals surface area contributed by atoms with Crippen LogP contribution in [0.3, 0.4) is 0 Å². The lowest BCUT2D eigenvalue weighted by Gasteiger charge is -2.29. The fourth-order valence-corrected chi connectivity index (χ4v) is 3.10. The summed E-state index contributed by atoms with van der Waals surface area (Å²) in [6.45, 7) is 1.09. The van der Waals surface area contributed by atoms with E-state index in [-0.39, 0.29) is 5.92 Å². The number of hydrogen-bond donors (Lipinski definition) is 0. The van der Waals surface area contributed by atoms with Gasteiger partial charge in [-0.15, -0.1) is 0 Å². The maximum atomic E-state index is 11.5. The van der Waals surface area contributed by atoms with Crippen LogP contribution < -0.4 is 0 Å². The van der Waals surface area contributed by atoms with E-state index in [1.807, 2.05) is 0 Å². The molecule has 0 aliphatic carbocycles. The lowest BCUT2D eigenvalue weighted by atomic mass is 9.99. The van der Waals surface area contributed by atoms with Crippen molar-refractivity contribution < 1.29 is 8.42 Å². The molecule has 5 nitrogen and oxygen atoms in total. The van der Waals surface area contributed by atoms with E-state index in [4.69, 9.17) is 0 Å². The molecular formula is C10H14BrN3O2S. The number of rotatable bonds is 2. The highest BCUT2D eigenvalue weighted by Gasteiger charge is 2.28. The minimum absolute atomic E-state index is 0.103. The zero-order valence-electron chi connectivity index (χ0n) is 9.50. The zero-order valence-corrected chi connectivity index (χ0v) is 11.9. The third-order valence-corrected chi connectivity index (χ3v) is 4.54. The second kappa shape index (κ2) is 4.99. The molecule has 1 atom stereocenters. The Morgan fingerprint density at radius 2 is 2.06 bits per heavy atom. The molecule has 0 N–H and O–H groups in total. The van der Waals surface area contributed by atoms with E-state index < -0.39 is 10.0 Å². The van der Waals surface area contributed by atoms with E-state index in [0.29, 0.717) is 13.1 Å². The molecule has 0 radical (unpaired) electrons. The van der Waals surface area contributed by atoms with Crippen LogP contribution in [0.15, 0.2) is 16.9 Å². The molecule has 94 valence electrons. The van der Waals surface area contributed by atoms with Crippen LogP contribution >= 0.6 is 15.9 Å². The molecule has 1 aromatic heterocycles. The summed E-state index contributed by atoms with van der Waals surface area (Å²) in [5.74, 6) is 0.827. The van der Waals surface area contributed by atoms with Gasteiger partial charge in [0, 0.05) is 31.4 Å². The Labute approximate surface area is 109 Å². The van der Waals surface area contributed by atoms with Crippen LogP contribution in [0.25, 0.3) is 0 Å². The van der Waals surface area contributed by atoms with Crippen molar-refractivity contribution in [1.82, 2.24) is 14.3 Å². The molecule has 1 fully saturated rings. The zero-order chi connectivity index (χ0) is 12.5. The van der Waals surface area contributed by atoms with E-state index >= 15 is 0 Å². The van der Waals surface area contributed by atoms with Gasteiger partial charge < -0.3 is 0 Å². The van der Waals surface area contributed by atoms with Gasteiger partial charge in [-0.05, 0) is 28.8 Å². The Bertz CT molecular complexity index is 489. The molecule has 1 saturated heterocycles. The number of aromatic nitrogens is 2. The van der Waals surface area contributed by atoms with Gasteiger partial charge in [-0.1, -0.05) is 0 Å². The van der Waals surface area contributed by atoms with Crippen LogP contribution in [-0.2, 0) is 10.0 Å². The molecule has 1 aliphatic rings. The SMILES string of the molecule is CS(=O)(=O)N1CCCC(c2ncc(Br)cn2)C1. The van der Waals surface area contributed by atoms with E-state index in [1.165, 1.54) is 10.6 Å². The van der Waals surface area contributed by atoms with Crippen molar-refractivity contribution in [3.05, 3.63) is 22.7 Å². The van der Waals surface area contributed by atoms with Gasteiger partial charge in [0.1, 0.15) is 5.82 Å². The van der Waals surface area contributed by atoms with Crippen molar-refractivity contribution in [3.63, 3.8) is 0 Å². The molecular weight excluding hydrogens is 306 g/mol. The number of nitrogens with zero attached hydrogens (tertiary/aromatic N) is 3. The van der Waals surface area contributed by atoms with Gasteiger partial charge in [-0.25, -0.2) is 22.7 Å². The van der Waals surface area contributed by atoms with Gasteiger partial charge in [0.05, 0.1) is 10.7 Å². The van der Waals surface area contributed by atoms with E-state index in [1.54, 1.807) is 12.4 Å². The summed E-state index contributed by atoms with van der Waals surface area (Å²) in [5, 5.41) is 0. The minimum atomic E-state index is -3.11. The fraction of sp³-hybridized carbons (Fsp3) is 0.600. The van der Waals surface area contributed by atoms with E-state index in [2.05, 4.69) is 25.9 Å². The summed E-state index contributed by atoms with van der Waals surface area (Å²) >= 11 is 3.28. The van der Waals surface area contributed by atoms with Gasteiger partial charge in [0.15, 0.2) is 0 Å². The molecule has 0 saturated carbocycles. The normalized spacial score (nSPS) is 22.6. The van der Waals surface area contributed by atoms with Crippen molar-refractivity contribution in [2.45, 2.75) is 18.8 Å². The lowest BCUT2D eigenvalue weighted by Crippen LogP contribution is -2.38. The Morgan fingerprint density at radius 3 is 2.65 bits per heavy atom. The van der Waals surface area contributed by atoms with E-state index in [0.717, 1.165) is 23.1 Å². The molecule has 1 aliphatic heterocycles. The van der Waals surface area contributed by atoms with Crippen molar-refractivity contribution in [1.29, 1.82) is 0 Å². The summed E-state index contributed by atoms with van der Waals surface area (Å²) < 4.78 is 25.3. The molecule has 0 amide bonds. The quantitative estimate of drug-likeness (QED) is 0.826. The standard InChI is InChI=1S/C10H14BrN3O2S/c1-17(15,16)14-4-2-3-8(7-14)10-12-5-9(11)6-13-10/h5-6,8H,2-4,7H2,1H3. The highest BCUT2D eigenvalue weighted by atomic mass is 79.9. The first kappa shape index (κ1) is 12.9. The predicted molar refractivity (Wildman–Crippen MR) is 68.1 cm³/mol. The van der Waals surface area contributed by atoms with Crippen molar-refractivity contribution >= 4 is 26.0 Å². The third kappa shape index (κ3) is 3.23. The predicted octanol–water partition coefficient (Wildman–Crippen LogP) is 1.38. The molecule has 17 heavy (non-hydrogen) atoms. The van der Waals surface area contributed by atoms with Crippen LogP contribution in [0.5, 0.6) is 0 Å². The number of halogens is 1. The van der Waals surface area contributed by atoms with Gasteiger partial charge in [0.2, 0.25) is 10.0 Å². The smallest absolute Gasteiger partial charge is 0.211 e. The molecule has 7 heteroatoms. The summed E-state index contributed by atoms with van der Waals surface area (Å²) in [6.07, 6.45) is 6.44. The maximum absolute atomic E-state index is 11.5. The summed E-state index contributed by atoms with van der Waals surface area (Å²) in [6, 6.07) is 0. The maximum Gasteiger partial charge on any atom is 0.211 e. The van der Waals surface area contributed by atoms with Gasteiger partial charge in [-0.2, -0.15) is 0 Å². The van der Waals surface area contributed by atoms with Crippen molar-refractivity contribution in [2.24, 2.45) is 0 Å². The van der Waals surface area contributed by atoms with Crippen LogP contribution in [-0.4, -0.2) is 42.0 Å². The molecule has 2 rings (SSSR count). The molecule has 2 heterocycles. The molecule has 1 aromatic rings. The minimum Gasteiger partial charge on any atom is -0.240 e. The van der Waals surface area contributed by atoms with Crippen LogP contribution in [0.4, 0.5) is 0 Å². The first-order chi connectivity index (χ1) is 7.97. The molecule has 1 unspecified atom stereocenters. The van der Waals surface area contributed by atoms with Crippen molar-refractivity contribution in [3.8, 4) is 0 Å². The lowest BCUT2D eigenvalue weighted by molar-refractivity contribution is 0.311. The summed E-state index contributed by atoms with van der Waals surface area (Å²) in [5.41, 5.74) is 0. The average molecular weight is 320 g/mol.